The average molecular weight is 213 g/mol. The Morgan fingerprint density at radius 2 is 2.33 bits per heavy atom. The molecule has 0 radical (unpaired) electrons. The Morgan fingerprint density at radius 1 is 1.53 bits per heavy atom. The van der Waals surface area contributed by atoms with Gasteiger partial charge in [-0.1, -0.05) is 5.21 Å². The highest BCUT2D eigenvalue weighted by atomic mass is 16.5. The fourth-order valence-electron chi connectivity index (χ4n) is 1.17. The minimum absolute atomic E-state index is 0.444. The van der Waals surface area contributed by atoms with E-state index in [1.165, 1.54) is 0 Å². The third-order valence-electron chi connectivity index (χ3n) is 2.18. The molecule has 0 aromatic carbocycles. The lowest BCUT2D eigenvalue weighted by Gasteiger charge is -2.15. The van der Waals surface area contributed by atoms with Gasteiger partial charge in [0.1, 0.15) is 0 Å². The summed E-state index contributed by atoms with van der Waals surface area (Å²) in [6.07, 6.45) is 1.88. The summed E-state index contributed by atoms with van der Waals surface area (Å²) in [6.45, 7) is 3.88. The molecular weight excluding hydrogens is 194 g/mol. The third-order valence-corrected chi connectivity index (χ3v) is 2.18. The number of ether oxygens (including phenoxy) is 1. The molecule has 1 rings (SSSR count). The summed E-state index contributed by atoms with van der Waals surface area (Å²) in [5.74, 6) is 0. The zero-order valence-electron chi connectivity index (χ0n) is 9.39. The Balaban J connectivity index is 2.24. The van der Waals surface area contributed by atoms with Gasteiger partial charge in [0, 0.05) is 32.9 Å². The Hall–Kier alpha value is -0.980. The van der Waals surface area contributed by atoms with E-state index in [2.05, 4.69) is 22.3 Å². The van der Waals surface area contributed by atoms with E-state index in [9.17, 15) is 0 Å². The van der Waals surface area contributed by atoms with Gasteiger partial charge in [-0.05, 0) is 7.05 Å². The van der Waals surface area contributed by atoms with Gasteiger partial charge in [0.2, 0.25) is 0 Å². The minimum atomic E-state index is 0.444. The average Bonchev–Trinajstić information content (AvgIpc) is 2.71. The van der Waals surface area contributed by atoms with Crippen molar-refractivity contribution in [3.63, 3.8) is 0 Å². The molecule has 0 aliphatic heterocycles. The van der Waals surface area contributed by atoms with Crippen LogP contribution in [0.15, 0.2) is 6.20 Å². The first-order valence-electron chi connectivity index (χ1n) is 5.03. The first-order valence-corrected chi connectivity index (χ1v) is 5.03. The summed E-state index contributed by atoms with van der Waals surface area (Å²) in [7, 11) is 3.76. The molecule has 2 N–H and O–H groups in total. The van der Waals surface area contributed by atoms with Crippen LogP contribution in [-0.4, -0.2) is 53.7 Å². The number of hydrogen-bond donors (Lipinski definition) is 1. The third kappa shape index (κ3) is 4.37. The van der Waals surface area contributed by atoms with Crippen molar-refractivity contribution >= 4 is 0 Å². The van der Waals surface area contributed by atoms with E-state index in [0.29, 0.717) is 6.54 Å². The molecule has 0 spiro atoms. The van der Waals surface area contributed by atoms with Crippen molar-refractivity contribution in [3.8, 4) is 0 Å². The van der Waals surface area contributed by atoms with E-state index in [4.69, 9.17) is 10.5 Å². The predicted octanol–water partition coefficient (Wildman–Crippen LogP) is -0.685. The van der Waals surface area contributed by atoms with Crippen molar-refractivity contribution in [2.24, 2.45) is 5.73 Å². The quantitative estimate of drug-likeness (QED) is 0.649. The van der Waals surface area contributed by atoms with Crippen LogP contribution in [0.3, 0.4) is 0 Å². The Morgan fingerprint density at radius 3 is 2.93 bits per heavy atom. The fraction of sp³-hybridized carbons (Fsp3) is 0.778. The maximum absolute atomic E-state index is 5.44. The molecule has 0 fully saturated rings. The monoisotopic (exact) mass is 213 g/mol. The number of rotatable bonds is 7. The molecule has 0 unspecified atom stereocenters. The molecule has 0 amide bonds. The van der Waals surface area contributed by atoms with Crippen LogP contribution in [0.1, 0.15) is 5.69 Å². The topological polar surface area (TPSA) is 69.2 Å². The molecule has 1 heterocycles. The van der Waals surface area contributed by atoms with Crippen molar-refractivity contribution in [1.29, 1.82) is 0 Å². The molecule has 0 aliphatic rings. The highest BCUT2D eigenvalue weighted by Crippen LogP contribution is 1.92. The highest BCUT2D eigenvalue weighted by molar-refractivity contribution is 4.90. The summed E-state index contributed by atoms with van der Waals surface area (Å²) in [5, 5.41) is 7.89. The van der Waals surface area contributed by atoms with Crippen LogP contribution in [0.5, 0.6) is 0 Å². The van der Waals surface area contributed by atoms with Gasteiger partial charge < -0.3 is 15.4 Å². The summed E-state index contributed by atoms with van der Waals surface area (Å²) < 4.78 is 6.80. The van der Waals surface area contributed by atoms with E-state index in [-0.39, 0.29) is 0 Å². The molecule has 6 nitrogen and oxygen atoms in total. The van der Waals surface area contributed by atoms with Crippen molar-refractivity contribution in [1.82, 2.24) is 19.9 Å². The van der Waals surface area contributed by atoms with Crippen molar-refractivity contribution < 1.29 is 4.74 Å². The zero-order valence-corrected chi connectivity index (χ0v) is 9.39. The van der Waals surface area contributed by atoms with E-state index in [1.54, 1.807) is 7.11 Å². The first kappa shape index (κ1) is 12.1. The van der Waals surface area contributed by atoms with Crippen LogP contribution in [0, 0.1) is 0 Å². The molecule has 1 aromatic rings. The van der Waals surface area contributed by atoms with Gasteiger partial charge in [0.05, 0.1) is 18.8 Å². The highest BCUT2D eigenvalue weighted by Gasteiger charge is 2.01. The summed E-state index contributed by atoms with van der Waals surface area (Å²) in [4.78, 5) is 2.19. The maximum Gasteiger partial charge on any atom is 0.0962 e. The second-order valence-electron chi connectivity index (χ2n) is 3.47. The van der Waals surface area contributed by atoms with Crippen LogP contribution in [-0.2, 0) is 17.8 Å². The SMILES string of the molecule is COCCN(C)CCn1cc(CN)nn1. The van der Waals surface area contributed by atoms with Gasteiger partial charge in [-0.2, -0.15) is 0 Å². The van der Waals surface area contributed by atoms with Crippen LogP contribution in [0.4, 0.5) is 0 Å². The van der Waals surface area contributed by atoms with Gasteiger partial charge in [-0.25, -0.2) is 0 Å². The van der Waals surface area contributed by atoms with Gasteiger partial charge in [-0.15, -0.1) is 5.10 Å². The zero-order chi connectivity index (χ0) is 11.1. The molecule has 0 saturated heterocycles. The van der Waals surface area contributed by atoms with E-state index in [0.717, 1.165) is 31.9 Å². The van der Waals surface area contributed by atoms with Crippen LogP contribution >= 0.6 is 0 Å². The van der Waals surface area contributed by atoms with Gasteiger partial charge >= 0.3 is 0 Å². The lowest BCUT2D eigenvalue weighted by atomic mass is 10.5. The summed E-state index contributed by atoms with van der Waals surface area (Å²) in [6, 6.07) is 0. The maximum atomic E-state index is 5.44. The lowest BCUT2D eigenvalue weighted by Crippen LogP contribution is -2.26. The molecule has 1 aromatic heterocycles. The molecular formula is C9H19N5O. The van der Waals surface area contributed by atoms with Gasteiger partial charge in [-0.3, -0.25) is 4.68 Å². The second-order valence-corrected chi connectivity index (χ2v) is 3.47. The first-order chi connectivity index (χ1) is 7.26. The lowest BCUT2D eigenvalue weighted by molar-refractivity contribution is 0.158. The predicted molar refractivity (Wildman–Crippen MR) is 57.3 cm³/mol. The largest absolute Gasteiger partial charge is 0.383 e. The van der Waals surface area contributed by atoms with Gasteiger partial charge in [0.25, 0.3) is 0 Å². The number of aromatic nitrogens is 3. The smallest absolute Gasteiger partial charge is 0.0962 e. The minimum Gasteiger partial charge on any atom is -0.383 e. The molecule has 0 aliphatic carbocycles. The molecule has 6 heteroatoms. The van der Waals surface area contributed by atoms with Crippen LogP contribution in [0.2, 0.25) is 0 Å². The molecule has 86 valence electrons. The van der Waals surface area contributed by atoms with Crippen molar-refractivity contribution in [2.45, 2.75) is 13.1 Å². The van der Waals surface area contributed by atoms with Gasteiger partial charge in [0.15, 0.2) is 0 Å². The number of likely N-dealkylation sites (N-methyl/N-ethyl adjacent to an activating group) is 1. The second kappa shape index (κ2) is 6.49. The van der Waals surface area contributed by atoms with Crippen LogP contribution < -0.4 is 5.73 Å². The van der Waals surface area contributed by atoms with Crippen molar-refractivity contribution in [3.05, 3.63) is 11.9 Å². The number of methoxy groups -OCH3 is 1. The number of hydrogen-bond acceptors (Lipinski definition) is 5. The standard InChI is InChI=1S/C9H19N5O/c1-13(5-6-15-2)3-4-14-8-9(7-10)11-12-14/h8H,3-7,10H2,1-2H3. The number of nitrogens with two attached hydrogens (primary N) is 1. The Bertz CT molecular complexity index is 275. The molecule has 0 bridgehead atoms. The fourth-order valence-corrected chi connectivity index (χ4v) is 1.17. The normalized spacial score (nSPS) is 11.2. The molecule has 0 saturated carbocycles. The summed E-state index contributed by atoms with van der Waals surface area (Å²) in [5.41, 5.74) is 6.27. The Labute approximate surface area is 90.0 Å². The molecule has 15 heavy (non-hydrogen) atoms. The van der Waals surface area contributed by atoms with E-state index >= 15 is 0 Å². The summed E-state index contributed by atoms with van der Waals surface area (Å²) >= 11 is 0. The van der Waals surface area contributed by atoms with E-state index < -0.39 is 0 Å². The number of nitrogens with zero attached hydrogens (tertiary/aromatic N) is 4. The van der Waals surface area contributed by atoms with Crippen LogP contribution in [0.25, 0.3) is 0 Å². The Kier molecular flexibility index (Phi) is 5.23. The van der Waals surface area contributed by atoms with Crippen molar-refractivity contribution in [2.75, 3.05) is 33.9 Å². The van der Waals surface area contributed by atoms with E-state index in [1.807, 2.05) is 10.9 Å². The molecule has 0 atom stereocenters.